The van der Waals surface area contributed by atoms with Gasteiger partial charge in [-0.1, -0.05) is 19.9 Å². The minimum atomic E-state index is 0.251. The number of nitrogens with one attached hydrogen (secondary N) is 1. The first-order chi connectivity index (χ1) is 10.2. The second kappa shape index (κ2) is 10.5. The Kier molecular flexibility index (Phi) is 8.87. The van der Waals surface area contributed by atoms with E-state index in [4.69, 9.17) is 14.6 Å². The number of aliphatic hydroxyl groups is 1. The van der Waals surface area contributed by atoms with E-state index in [-0.39, 0.29) is 6.61 Å². The Labute approximate surface area is 128 Å². The molecule has 0 amide bonds. The molecule has 0 saturated carbocycles. The van der Waals surface area contributed by atoms with E-state index in [1.807, 2.05) is 12.1 Å². The summed E-state index contributed by atoms with van der Waals surface area (Å²) in [5.74, 6) is 2.21. The third-order valence-corrected chi connectivity index (χ3v) is 3.17. The molecule has 4 nitrogen and oxygen atoms in total. The highest BCUT2D eigenvalue weighted by atomic mass is 16.5. The zero-order valence-electron chi connectivity index (χ0n) is 13.5. The van der Waals surface area contributed by atoms with Gasteiger partial charge in [0.2, 0.25) is 0 Å². The van der Waals surface area contributed by atoms with E-state index in [2.05, 4.69) is 25.2 Å². The van der Waals surface area contributed by atoms with Crippen LogP contribution in [0.1, 0.15) is 38.7 Å². The van der Waals surface area contributed by atoms with Gasteiger partial charge in [0, 0.05) is 13.2 Å². The maximum absolute atomic E-state index is 8.73. The van der Waals surface area contributed by atoms with Gasteiger partial charge >= 0.3 is 0 Å². The predicted molar refractivity (Wildman–Crippen MR) is 86.0 cm³/mol. The molecule has 0 atom stereocenters. The number of benzene rings is 1. The first-order valence-electron chi connectivity index (χ1n) is 7.78. The lowest BCUT2D eigenvalue weighted by atomic mass is 10.2. The molecule has 0 spiro atoms. The fourth-order valence-corrected chi connectivity index (χ4v) is 2.02. The van der Waals surface area contributed by atoms with Crippen LogP contribution < -0.4 is 14.8 Å². The van der Waals surface area contributed by atoms with Crippen molar-refractivity contribution in [3.8, 4) is 11.5 Å². The van der Waals surface area contributed by atoms with E-state index in [0.717, 1.165) is 43.9 Å². The molecule has 2 N–H and O–H groups in total. The zero-order chi connectivity index (χ0) is 15.5. The van der Waals surface area contributed by atoms with Crippen molar-refractivity contribution in [1.82, 2.24) is 5.32 Å². The standard InChI is InChI=1S/C17H29NO3/c1-14(2)12-18-13-15-7-8-16(17(11-15)20-3)21-10-6-4-5-9-19/h7-8,11,14,18-19H,4-6,9-10,12-13H2,1-3H3. The third-order valence-electron chi connectivity index (χ3n) is 3.17. The number of unbranched alkanes of at least 4 members (excludes halogenated alkanes) is 2. The second-order valence-corrected chi connectivity index (χ2v) is 5.64. The summed E-state index contributed by atoms with van der Waals surface area (Å²) >= 11 is 0. The van der Waals surface area contributed by atoms with Crippen LogP contribution in [0.4, 0.5) is 0 Å². The SMILES string of the molecule is COc1cc(CNCC(C)C)ccc1OCCCCCO. The van der Waals surface area contributed by atoms with Gasteiger partial charge in [0.25, 0.3) is 0 Å². The van der Waals surface area contributed by atoms with Crippen molar-refractivity contribution in [3.05, 3.63) is 23.8 Å². The smallest absolute Gasteiger partial charge is 0.161 e. The van der Waals surface area contributed by atoms with Crippen molar-refractivity contribution in [2.75, 3.05) is 26.9 Å². The lowest BCUT2D eigenvalue weighted by molar-refractivity contribution is 0.260. The Morgan fingerprint density at radius 3 is 2.62 bits per heavy atom. The van der Waals surface area contributed by atoms with Crippen molar-refractivity contribution in [2.45, 2.75) is 39.7 Å². The fraction of sp³-hybridized carbons (Fsp3) is 0.647. The monoisotopic (exact) mass is 295 g/mol. The largest absolute Gasteiger partial charge is 0.493 e. The highest BCUT2D eigenvalue weighted by Gasteiger charge is 2.06. The molecule has 0 heterocycles. The van der Waals surface area contributed by atoms with Crippen molar-refractivity contribution in [2.24, 2.45) is 5.92 Å². The molecule has 0 aromatic heterocycles. The van der Waals surface area contributed by atoms with E-state index in [0.29, 0.717) is 12.5 Å². The number of hydrogen-bond acceptors (Lipinski definition) is 4. The van der Waals surface area contributed by atoms with Gasteiger partial charge in [0.1, 0.15) is 0 Å². The van der Waals surface area contributed by atoms with E-state index in [1.54, 1.807) is 7.11 Å². The van der Waals surface area contributed by atoms with Crippen molar-refractivity contribution < 1.29 is 14.6 Å². The van der Waals surface area contributed by atoms with Crippen LogP contribution in [-0.4, -0.2) is 32.0 Å². The fourth-order valence-electron chi connectivity index (χ4n) is 2.02. The molecule has 0 radical (unpaired) electrons. The molecule has 120 valence electrons. The minimum Gasteiger partial charge on any atom is -0.493 e. The quantitative estimate of drug-likeness (QED) is 0.616. The lowest BCUT2D eigenvalue weighted by Gasteiger charge is -2.13. The topological polar surface area (TPSA) is 50.7 Å². The van der Waals surface area contributed by atoms with Crippen molar-refractivity contribution in [1.29, 1.82) is 0 Å². The summed E-state index contributed by atoms with van der Waals surface area (Å²) in [5, 5.41) is 12.2. The summed E-state index contributed by atoms with van der Waals surface area (Å²) in [7, 11) is 1.67. The molecule has 1 rings (SSSR count). The Morgan fingerprint density at radius 1 is 1.14 bits per heavy atom. The van der Waals surface area contributed by atoms with Gasteiger partial charge < -0.3 is 19.9 Å². The Bertz CT molecular complexity index is 394. The van der Waals surface area contributed by atoms with Crippen LogP contribution in [0.25, 0.3) is 0 Å². The van der Waals surface area contributed by atoms with Crippen LogP contribution in [0.15, 0.2) is 18.2 Å². The highest BCUT2D eigenvalue weighted by molar-refractivity contribution is 5.42. The molecule has 0 saturated heterocycles. The van der Waals surface area contributed by atoms with Gasteiger partial charge in [0.15, 0.2) is 11.5 Å². The number of aliphatic hydroxyl groups excluding tert-OH is 1. The van der Waals surface area contributed by atoms with Crippen LogP contribution in [0, 0.1) is 5.92 Å². The molecule has 1 aromatic carbocycles. The van der Waals surface area contributed by atoms with Crippen LogP contribution in [-0.2, 0) is 6.54 Å². The average Bonchev–Trinajstić information content (AvgIpc) is 2.47. The summed E-state index contributed by atoms with van der Waals surface area (Å²) < 4.78 is 11.1. The van der Waals surface area contributed by atoms with Gasteiger partial charge in [0.05, 0.1) is 13.7 Å². The van der Waals surface area contributed by atoms with Crippen LogP contribution in [0.5, 0.6) is 11.5 Å². The number of methoxy groups -OCH3 is 1. The van der Waals surface area contributed by atoms with Gasteiger partial charge in [-0.05, 0) is 49.4 Å². The first-order valence-corrected chi connectivity index (χ1v) is 7.78. The third kappa shape index (κ3) is 7.34. The van der Waals surface area contributed by atoms with Gasteiger partial charge in [-0.3, -0.25) is 0 Å². The highest BCUT2D eigenvalue weighted by Crippen LogP contribution is 2.28. The normalized spacial score (nSPS) is 10.9. The lowest BCUT2D eigenvalue weighted by Crippen LogP contribution is -2.18. The van der Waals surface area contributed by atoms with Crippen LogP contribution in [0.3, 0.4) is 0 Å². The molecular formula is C17H29NO3. The predicted octanol–water partition coefficient (Wildman–Crippen LogP) is 2.98. The first kappa shape index (κ1) is 17.8. The summed E-state index contributed by atoms with van der Waals surface area (Å²) in [5.41, 5.74) is 1.19. The average molecular weight is 295 g/mol. The molecule has 4 heteroatoms. The van der Waals surface area contributed by atoms with E-state index in [9.17, 15) is 0 Å². The molecule has 21 heavy (non-hydrogen) atoms. The number of rotatable bonds is 11. The molecule has 1 aromatic rings. The van der Waals surface area contributed by atoms with Crippen LogP contribution in [0.2, 0.25) is 0 Å². The summed E-state index contributed by atoms with van der Waals surface area (Å²) in [6.45, 7) is 7.14. The Morgan fingerprint density at radius 2 is 1.95 bits per heavy atom. The van der Waals surface area contributed by atoms with Gasteiger partial charge in [-0.2, -0.15) is 0 Å². The minimum absolute atomic E-state index is 0.251. The molecule has 0 fully saturated rings. The van der Waals surface area contributed by atoms with Gasteiger partial charge in [-0.15, -0.1) is 0 Å². The van der Waals surface area contributed by atoms with Gasteiger partial charge in [-0.25, -0.2) is 0 Å². The van der Waals surface area contributed by atoms with E-state index >= 15 is 0 Å². The van der Waals surface area contributed by atoms with Crippen LogP contribution >= 0.6 is 0 Å². The summed E-state index contributed by atoms with van der Waals surface area (Å²) in [6, 6.07) is 6.06. The zero-order valence-corrected chi connectivity index (χ0v) is 13.5. The molecule has 0 unspecified atom stereocenters. The number of ether oxygens (including phenoxy) is 2. The van der Waals surface area contributed by atoms with Crippen molar-refractivity contribution >= 4 is 0 Å². The molecule has 0 aliphatic rings. The maximum atomic E-state index is 8.73. The van der Waals surface area contributed by atoms with E-state index < -0.39 is 0 Å². The van der Waals surface area contributed by atoms with E-state index in [1.165, 1.54) is 5.56 Å². The molecule has 0 bridgehead atoms. The van der Waals surface area contributed by atoms with Crippen molar-refractivity contribution in [3.63, 3.8) is 0 Å². The molecular weight excluding hydrogens is 266 g/mol. The summed E-state index contributed by atoms with van der Waals surface area (Å²) in [6.07, 6.45) is 2.76. The Hall–Kier alpha value is -1.26. The molecule has 0 aliphatic carbocycles. The number of hydrogen-bond donors (Lipinski definition) is 2. The molecule has 0 aliphatic heterocycles. The summed E-state index contributed by atoms with van der Waals surface area (Å²) in [4.78, 5) is 0. The Balaban J connectivity index is 2.46. The second-order valence-electron chi connectivity index (χ2n) is 5.64. The maximum Gasteiger partial charge on any atom is 0.161 e.